The summed E-state index contributed by atoms with van der Waals surface area (Å²) in [5.41, 5.74) is 2.67. The quantitative estimate of drug-likeness (QED) is 0.898. The van der Waals surface area contributed by atoms with Gasteiger partial charge in [0.15, 0.2) is 0 Å². The van der Waals surface area contributed by atoms with Crippen LogP contribution in [0.3, 0.4) is 0 Å². The Morgan fingerprint density at radius 3 is 2.79 bits per heavy atom. The topological polar surface area (TPSA) is 46.5 Å². The van der Waals surface area contributed by atoms with Gasteiger partial charge in [-0.3, -0.25) is 0 Å². The number of hydrogen-bond acceptors (Lipinski definition) is 2. The monoisotopic (exact) mass is 258 g/mol. The van der Waals surface area contributed by atoms with E-state index in [1.165, 1.54) is 5.57 Å². The molecule has 1 aliphatic carbocycles. The average molecular weight is 258 g/mol. The summed E-state index contributed by atoms with van der Waals surface area (Å²) < 4.78 is 5.83. The minimum atomic E-state index is -0.902. The number of allylic oxidation sites excluding steroid dienone is 3. The summed E-state index contributed by atoms with van der Waals surface area (Å²) in [5, 5.41) is 8.82. The Morgan fingerprint density at radius 1 is 1.37 bits per heavy atom. The second-order valence-corrected chi connectivity index (χ2v) is 4.79. The normalized spacial score (nSPS) is 18.8. The highest BCUT2D eigenvalue weighted by molar-refractivity contribution is 5.87. The van der Waals surface area contributed by atoms with E-state index in [-0.39, 0.29) is 6.10 Å². The molecule has 2 rings (SSSR count). The molecule has 3 heteroatoms. The number of carbonyl (C=O) groups is 1. The first-order valence-electron chi connectivity index (χ1n) is 6.43. The van der Waals surface area contributed by atoms with Gasteiger partial charge in [-0.25, -0.2) is 4.79 Å². The van der Waals surface area contributed by atoms with Gasteiger partial charge in [-0.05, 0) is 37.5 Å². The second-order valence-electron chi connectivity index (χ2n) is 4.79. The first-order chi connectivity index (χ1) is 9.15. The second kappa shape index (κ2) is 6.34. The van der Waals surface area contributed by atoms with E-state index in [0.29, 0.717) is 12.2 Å². The SMILES string of the molecule is CC1=CC=CC(OCc2ccc(C(=O)O)cc2)CC1. The van der Waals surface area contributed by atoms with Crippen LogP contribution in [0.15, 0.2) is 48.1 Å². The molecule has 0 aliphatic heterocycles. The van der Waals surface area contributed by atoms with Crippen LogP contribution in [0.2, 0.25) is 0 Å². The van der Waals surface area contributed by atoms with Gasteiger partial charge in [-0.2, -0.15) is 0 Å². The number of rotatable bonds is 4. The molecule has 1 aliphatic rings. The van der Waals surface area contributed by atoms with Crippen molar-refractivity contribution in [2.24, 2.45) is 0 Å². The predicted molar refractivity (Wildman–Crippen MR) is 74.1 cm³/mol. The van der Waals surface area contributed by atoms with Crippen molar-refractivity contribution in [3.63, 3.8) is 0 Å². The zero-order chi connectivity index (χ0) is 13.7. The van der Waals surface area contributed by atoms with Gasteiger partial charge in [0.25, 0.3) is 0 Å². The van der Waals surface area contributed by atoms with Crippen molar-refractivity contribution in [3.05, 3.63) is 59.2 Å². The molecule has 0 amide bonds. The van der Waals surface area contributed by atoms with Gasteiger partial charge in [-0.1, -0.05) is 35.9 Å². The molecule has 0 saturated carbocycles. The number of hydrogen-bond donors (Lipinski definition) is 1. The van der Waals surface area contributed by atoms with Crippen LogP contribution >= 0.6 is 0 Å². The fourth-order valence-electron chi connectivity index (χ4n) is 1.98. The number of benzene rings is 1. The van der Waals surface area contributed by atoms with Gasteiger partial charge in [0.1, 0.15) is 0 Å². The van der Waals surface area contributed by atoms with E-state index in [1.54, 1.807) is 24.3 Å². The van der Waals surface area contributed by atoms with Crippen molar-refractivity contribution in [1.82, 2.24) is 0 Å². The number of ether oxygens (including phenoxy) is 1. The molecule has 0 saturated heterocycles. The van der Waals surface area contributed by atoms with Crippen molar-refractivity contribution in [2.45, 2.75) is 32.5 Å². The molecule has 1 unspecified atom stereocenters. The van der Waals surface area contributed by atoms with E-state index < -0.39 is 5.97 Å². The van der Waals surface area contributed by atoms with E-state index in [2.05, 4.69) is 19.1 Å². The highest BCUT2D eigenvalue weighted by atomic mass is 16.5. The first kappa shape index (κ1) is 13.6. The number of carboxylic acid groups (broad SMARTS) is 1. The van der Waals surface area contributed by atoms with Gasteiger partial charge < -0.3 is 9.84 Å². The molecule has 0 aromatic heterocycles. The summed E-state index contributed by atoms with van der Waals surface area (Å²) in [6, 6.07) is 6.81. The maximum Gasteiger partial charge on any atom is 0.335 e. The van der Waals surface area contributed by atoms with Gasteiger partial charge in [0, 0.05) is 0 Å². The first-order valence-corrected chi connectivity index (χ1v) is 6.43. The molecule has 1 aromatic rings. The smallest absolute Gasteiger partial charge is 0.335 e. The third kappa shape index (κ3) is 4.07. The van der Waals surface area contributed by atoms with Crippen LogP contribution in [0.5, 0.6) is 0 Å². The Labute approximate surface area is 113 Å². The Kier molecular flexibility index (Phi) is 4.53. The molecular weight excluding hydrogens is 240 g/mol. The van der Waals surface area contributed by atoms with Crippen molar-refractivity contribution in [1.29, 1.82) is 0 Å². The van der Waals surface area contributed by atoms with Gasteiger partial charge in [0.2, 0.25) is 0 Å². The molecule has 0 heterocycles. The third-order valence-electron chi connectivity index (χ3n) is 3.19. The minimum Gasteiger partial charge on any atom is -0.478 e. The lowest BCUT2D eigenvalue weighted by Gasteiger charge is -2.13. The standard InChI is InChI=1S/C16H18O3/c1-12-3-2-4-15(10-5-12)19-11-13-6-8-14(9-7-13)16(17)18/h2-4,6-9,15H,5,10-11H2,1H3,(H,17,18). The van der Waals surface area contributed by atoms with Crippen LogP contribution in [-0.2, 0) is 11.3 Å². The lowest BCUT2D eigenvalue weighted by Crippen LogP contribution is -2.09. The van der Waals surface area contributed by atoms with E-state index in [1.807, 2.05) is 6.08 Å². The molecule has 1 aromatic carbocycles. The highest BCUT2D eigenvalue weighted by Crippen LogP contribution is 2.16. The van der Waals surface area contributed by atoms with Crippen LogP contribution in [-0.4, -0.2) is 17.2 Å². The largest absolute Gasteiger partial charge is 0.478 e. The van der Waals surface area contributed by atoms with E-state index in [0.717, 1.165) is 18.4 Å². The van der Waals surface area contributed by atoms with Crippen molar-refractivity contribution in [3.8, 4) is 0 Å². The Hall–Kier alpha value is -1.87. The predicted octanol–water partition coefficient (Wildman–Crippen LogP) is 3.57. The molecule has 100 valence electrons. The summed E-state index contributed by atoms with van der Waals surface area (Å²) in [7, 11) is 0. The molecule has 3 nitrogen and oxygen atoms in total. The Balaban J connectivity index is 1.87. The molecular formula is C16H18O3. The molecule has 0 spiro atoms. The average Bonchev–Trinajstić information content (AvgIpc) is 2.61. The van der Waals surface area contributed by atoms with Gasteiger partial charge in [-0.15, -0.1) is 0 Å². The third-order valence-corrected chi connectivity index (χ3v) is 3.19. The van der Waals surface area contributed by atoms with Crippen molar-refractivity contribution in [2.75, 3.05) is 0 Å². The van der Waals surface area contributed by atoms with E-state index in [9.17, 15) is 4.79 Å². The van der Waals surface area contributed by atoms with Crippen LogP contribution in [0, 0.1) is 0 Å². The van der Waals surface area contributed by atoms with Crippen molar-refractivity contribution >= 4 is 5.97 Å². The van der Waals surface area contributed by atoms with E-state index >= 15 is 0 Å². The van der Waals surface area contributed by atoms with Crippen LogP contribution < -0.4 is 0 Å². The minimum absolute atomic E-state index is 0.132. The van der Waals surface area contributed by atoms with Crippen molar-refractivity contribution < 1.29 is 14.6 Å². The van der Waals surface area contributed by atoms with Gasteiger partial charge >= 0.3 is 5.97 Å². The molecule has 0 bridgehead atoms. The Bertz CT molecular complexity index is 497. The fraction of sp³-hybridized carbons (Fsp3) is 0.312. The molecule has 1 atom stereocenters. The highest BCUT2D eigenvalue weighted by Gasteiger charge is 2.08. The lowest BCUT2D eigenvalue weighted by atomic mass is 10.1. The summed E-state index contributed by atoms with van der Waals surface area (Å²) in [6.07, 6.45) is 8.41. The van der Waals surface area contributed by atoms with E-state index in [4.69, 9.17) is 9.84 Å². The lowest BCUT2D eigenvalue weighted by molar-refractivity contribution is 0.0666. The summed E-state index contributed by atoms with van der Waals surface area (Å²) >= 11 is 0. The zero-order valence-electron chi connectivity index (χ0n) is 11.0. The van der Waals surface area contributed by atoms with Crippen LogP contribution in [0.1, 0.15) is 35.7 Å². The summed E-state index contributed by atoms with van der Waals surface area (Å²) in [6.45, 7) is 2.63. The maximum absolute atomic E-state index is 10.7. The molecule has 1 N–H and O–H groups in total. The summed E-state index contributed by atoms with van der Waals surface area (Å²) in [4.78, 5) is 10.7. The maximum atomic E-state index is 10.7. The number of aromatic carboxylic acids is 1. The van der Waals surface area contributed by atoms with Crippen LogP contribution in [0.4, 0.5) is 0 Å². The van der Waals surface area contributed by atoms with Gasteiger partial charge in [0.05, 0.1) is 18.3 Å². The zero-order valence-corrected chi connectivity index (χ0v) is 11.0. The van der Waals surface area contributed by atoms with Crippen LogP contribution in [0.25, 0.3) is 0 Å². The number of carboxylic acids is 1. The molecule has 19 heavy (non-hydrogen) atoms. The fourth-order valence-corrected chi connectivity index (χ4v) is 1.98. The Morgan fingerprint density at radius 2 is 2.11 bits per heavy atom. The molecule has 0 fully saturated rings. The summed E-state index contributed by atoms with van der Waals surface area (Å²) in [5.74, 6) is -0.902. The molecule has 0 radical (unpaired) electrons.